The smallest absolute Gasteiger partial charge is 0.171 e. The van der Waals surface area contributed by atoms with E-state index in [0.29, 0.717) is 6.04 Å². The van der Waals surface area contributed by atoms with Gasteiger partial charge in [0.05, 0.1) is 0 Å². The second kappa shape index (κ2) is 7.41. The summed E-state index contributed by atoms with van der Waals surface area (Å²) in [5.41, 5.74) is 3.68. The van der Waals surface area contributed by atoms with Gasteiger partial charge >= 0.3 is 0 Å². The number of anilines is 1. The van der Waals surface area contributed by atoms with E-state index < -0.39 is 0 Å². The lowest BCUT2D eigenvalue weighted by molar-refractivity contribution is 0.634. The monoisotopic (exact) mass is 310 g/mol. The van der Waals surface area contributed by atoms with Crippen LogP contribution in [0.4, 0.5) is 5.69 Å². The normalized spacial score (nSPS) is 14.7. The van der Waals surface area contributed by atoms with Crippen LogP contribution in [0.2, 0.25) is 0 Å². The Kier molecular flexibility index (Phi) is 5.07. The van der Waals surface area contributed by atoms with Crippen molar-refractivity contribution in [1.82, 2.24) is 5.32 Å². The van der Waals surface area contributed by atoms with E-state index >= 15 is 0 Å². The number of benzene rings is 2. The fraction of sp³-hybridized carbons (Fsp3) is 0.316. The molecule has 114 valence electrons. The summed E-state index contributed by atoms with van der Waals surface area (Å²) in [6.07, 6.45) is 5.99. The minimum absolute atomic E-state index is 0.543. The predicted molar refractivity (Wildman–Crippen MR) is 97.3 cm³/mol. The number of thiocarbonyl (C=S) groups is 1. The van der Waals surface area contributed by atoms with Crippen molar-refractivity contribution >= 4 is 23.0 Å². The summed E-state index contributed by atoms with van der Waals surface area (Å²) >= 11 is 5.47. The van der Waals surface area contributed by atoms with E-state index in [1.807, 2.05) is 6.07 Å². The van der Waals surface area contributed by atoms with Gasteiger partial charge in [0.25, 0.3) is 0 Å². The van der Waals surface area contributed by atoms with Crippen LogP contribution >= 0.6 is 12.2 Å². The molecular weight excluding hydrogens is 288 g/mol. The summed E-state index contributed by atoms with van der Waals surface area (Å²) in [7, 11) is 0. The molecule has 0 radical (unpaired) electrons. The lowest BCUT2D eigenvalue weighted by Crippen LogP contribution is -2.36. The molecule has 1 aliphatic carbocycles. The third-order valence-corrected chi connectivity index (χ3v) is 4.41. The molecule has 3 rings (SSSR count). The largest absolute Gasteiger partial charge is 0.360 e. The number of hydrogen-bond donors (Lipinski definition) is 2. The maximum absolute atomic E-state index is 5.47. The van der Waals surface area contributed by atoms with Crippen molar-refractivity contribution < 1.29 is 0 Å². The zero-order valence-corrected chi connectivity index (χ0v) is 13.5. The fourth-order valence-electron chi connectivity index (χ4n) is 3.03. The topological polar surface area (TPSA) is 24.1 Å². The van der Waals surface area contributed by atoms with Crippen molar-refractivity contribution in [2.75, 3.05) is 5.32 Å². The first-order chi connectivity index (χ1) is 10.8. The third-order valence-electron chi connectivity index (χ3n) is 4.19. The molecule has 0 bridgehead atoms. The summed E-state index contributed by atoms with van der Waals surface area (Å²) in [6, 6.07) is 19.5. The van der Waals surface area contributed by atoms with E-state index in [1.54, 1.807) is 0 Å². The van der Waals surface area contributed by atoms with Gasteiger partial charge in [0.2, 0.25) is 0 Å². The molecule has 0 unspecified atom stereocenters. The maximum atomic E-state index is 5.47. The lowest BCUT2D eigenvalue weighted by atomic mass is 10.0. The van der Waals surface area contributed by atoms with Crippen LogP contribution in [0.15, 0.2) is 54.6 Å². The first-order valence-electron chi connectivity index (χ1n) is 8.00. The van der Waals surface area contributed by atoms with Crippen LogP contribution in [0.5, 0.6) is 0 Å². The van der Waals surface area contributed by atoms with Gasteiger partial charge in [-0.15, -0.1) is 0 Å². The molecule has 2 aromatic rings. The van der Waals surface area contributed by atoms with Crippen molar-refractivity contribution in [1.29, 1.82) is 0 Å². The van der Waals surface area contributed by atoms with Crippen LogP contribution in [0, 0.1) is 0 Å². The van der Waals surface area contributed by atoms with E-state index in [4.69, 9.17) is 12.2 Å². The van der Waals surface area contributed by atoms with Crippen molar-refractivity contribution in [3.8, 4) is 0 Å². The molecule has 0 aliphatic heterocycles. The van der Waals surface area contributed by atoms with Gasteiger partial charge in [-0.05, 0) is 48.7 Å². The SMILES string of the molecule is S=C(Nc1ccccc1Cc1ccccc1)NC1CCCC1. The quantitative estimate of drug-likeness (QED) is 0.813. The average Bonchev–Trinajstić information content (AvgIpc) is 3.03. The Morgan fingerprint density at radius 3 is 2.41 bits per heavy atom. The first-order valence-corrected chi connectivity index (χ1v) is 8.41. The Balaban J connectivity index is 1.66. The first kappa shape index (κ1) is 15.0. The van der Waals surface area contributed by atoms with Crippen molar-refractivity contribution in [2.24, 2.45) is 0 Å². The minimum Gasteiger partial charge on any atom is -0.360 e. The van der Waals surface area contributed by atoms with Gasteiger partial charge in [-0.2, -0.15) is 0 Å². The lowest BCUT2D eigenvalue weighted by Gasteiger charge is -2.17. The average molecular weight is 310 g/mol. The third kappa shape index (κ3) is 4.08. The highest BCUT2D eigenvalue weighted by atomic mass is 32.1. The molecule has 1 fully saturated rings. The summed E-state index contributed by atoms with van der Waals surface area (Å²) in [4.78, 5) is 0. The highest BCUT2D eigenvalue weighted by molar-refractivity contribution is 7.80. The molecule has 0 saturated heterocycles. The van der Waals surface area contributed by atoms with Crippen LogP contribution in [0.1, 0.15) is 36.8 Å². The Bertz CT molecular complexity index is 618. The molecule has 2 nitrogen and oxygen atoms in total. The minimum atomic E-state index is 0.543. The molecule has 2 aromatic carbocycles. The number of para-hydroxylation sites is 1. The molecule has 3 heteroatoms. The van der Waals surface area contributed by atoms with Gasteiger partial charge < -0.3 is 10.6 Å². The highest BCUT2D eigenvalue weighted by Crippen LogP contribution is 2.20. The number of rotatable bonds is 4. The Morgan fingerprint density at radius 2 is 1.64 bits per heavy atom. The fourth-order valence-corrected chi connectivity index (χ4v) is 3.30. The highest BCUT2D eigenvalue weighted by Gasteiger charge is 2.15. The van der Waals surface area contributed by atoms with Gasteiger partial charge in [-0.25, -0.2) is 0 Å². The number of hydrogen-bond acceptors (Lipinski definition) is 1. The van der Waals surface area contributed by atoms with Gasteiger partial charge in [-0.3, -0.25) is 0 Å². The number of nitrogens with one attached hydrogen (secondary N) is 2. The molecule has 0 spiro atoms. The zero-order valence-electron chi connectivity index (χ0n) is 12.7. The molecular formula is C19H22N2S. The van der Waals surface area contributed by atoms with Gasteiger partial charge in [0, 0.05) is 11.7 Å². The van der Waals surface area contributed by atoms with E-state index in [9.17, 15) is 0 Å². The molecule has 0 amide bonds. The van der Waals surface area contributed by atoms with Crippen LogP contribution < -0.4 is 10.6 Å². The zero-order chi connectivity index (χ0) is 15.2. The van der Waals surface area contributed by atoms with Gasteiger partial charge in [0.15, 0.2) is 5.11 Å². The molecule has 0 aromatic heterocycles. The molecule has 1 saturated carbocycles. The maximum Gasteiger partial charge on any atom is 0.171 e. The molecule has 0 atom stereocenters. The van der Waals surface area contributed by atoms with Crippen LogP contribution in [0.3, 0.4) is 0 Å². The van der Waals surface area contributed by atoms with E-state index in [2.05, 4.69) is 59.2 Å². The molecule has 2 N–H and O–H groups in total. The van der Waals surface area contributed by atoms with Crippen molar-refractivity contribution in [3.05, 3.63) is 65.7 Å². The molecule has 1 aliphatic rings. The molecule has 22 heavy (non-hydrogen) atoms. The van der Waals surface area contributed by atoms with E-state index in [-0.39, 0.29) is 0 Å². The van der Waals surface area contributed by atoms with Crippen molar-refractivity contribution in [2.45, 2.75) is 38.1 Å². The standard InChI is InChI=1S/C19H22N2S/c22-19(20-17-11-5-6-12-17)21-18-13-7-4-10-16(18)14-15-8-2-1-3-9-15/h1-4,7-10,13,17H,5-6,11-12,14H2,(H2,20,21,22). The Morgan fingerprint density at radius 1 is 0.955 bits per heavy atom. The van der Waals surface area contributed by atoms with Gasteiger partial charge in [-0.1, -0.05) is 61.4 Å². The summed E-state index contributed by atoms with van der Waals surface area (Å²) in [6.45, 7) is 0. The Labute approximate surface area is 137 Å². The summed E-state index contributed by atoms with van der Waals surface area (Å²) < 4.78 is 0. The van der Waals surface area contributed by atoms with E-state index in [1.165, 1.54) is 36.8 Å². The summed E-state index contributed by atoms with van der Waals surface area (Å²) in [5.74, 6) is 0. The van der Waals surface area contributed by atoms with Crippen LogP contribution in [-0.2, 0) is 6.42 Å². The van der Waals surface area contributed by atoms with Crippen LogP contribution in [0.25, 0.3) is 0 Å². The van der Waals surface area contributed by atoms with Crippen LogP contribution in [-0.4, -0.2) is 11.2 Å². The van der Waals surface area contributed by atoms with Gasteiger partial charge in [0.1, 0.15) is 0 Å². The molecule has 0 heterocycles. The second-order valence-electron chi connectivity index (χ2n) is 5.90. The Hall–Kier alpha value is -1.87. The predicted octanol–water partition coefficient (Wildman–Crippen LogP) is 4.51. The van der Waals surface area contributed by atoms with Crippen molar-refractivity contribution in [3.63, 3.8) is 0 Å². The summed E-state index contributed by atoms with van der Waals surface area (Å²) in [5, 5.41) is 7.56. The second-order valence-corrected chi connectivity index (χ2v) is 6.31. The van der Waals surface area contributed by atoms with E-state index in [0.717, 1.165) is 17.2 Å².